The first-order chi connectivity index (χ1) is 8.62. The number of aldehydes is 1. The Labute approximate surface area is 108 Å². The molecule has 0 N–H and O–H groups in total. The van der Waals surface area contributed by atoms with Gasteiger partial charge in [0.15, 0.2) is 9.84 Å². The van der Waals surface area contributed by atoms with Crippen LogP contribution in [0.5, 0.6) is 0 Å². The van der Waals surface area contributed by atoms with Crippen LogP contribution in [0.4, 0.5) is 0 Å². The molecule has 1 aromatic carbocycles. The number of carbonyl (C=O) groups excluding carboxylic acids is 1. The van der Waals surface area contributed by atoms with Crippen molar-refractivity contribution in [3.05, 3.63) is 29.8 Å². The van der Waals surface area contributed by atoms with E-state index in [1.54, 1.807) is 12.1 Å². The largest absolute Gasteiger partial charge is 0.298 e. The molecule has 0 aliphatic heterocycles. The Balaban J connectivity index is 2.11. The summed E-state index contributed by atoms with van der Waals surface area (Å²) in [5.74, 6) is 0.544. The molecule has 0 heterocycles. The Kier molecular flexibility index (Phi) is 4.17. The van der Waals surface area contributed by atoms with Crippen molar-refractivity contribution in [3.63, 3.8) is 0 Å². The van der Waals surface area contributed by atoms with Gasteiger partial charge < -0.3 is 0 Å². The van der Waals surface area contributed by atoms with Crippen LogP contribution in [0.15, 0.2) is 29.2 Å². The maximum Gasteiger partial charge on any atom is 0.178 e. The van der Waals surface area contributed by atoms with Crippen LogP contribution in [-0.2, 0) is 9.84 Å². The van der Waals surface area contributed by atoms with E-state index in [0.717, 1.165) is 32.0 Å². The predicted octanol–water partition coefficient (Wildman–Crippen LogP) is 2.85. The van der Waals surface area contributed by atoms with Gasteiger partial charge in [0.2, 0.25) is 0 Å². The second-order valence-electron chi connectivity index (χ2n) is 4.97. The number of hydrogen-bond donors (Lipinski definition) is 0. The van der Waals surface area contributed by atoms with Crippen molar-refractivity contribution >= 4 is 16.1 Å². The molecule has 0 atom stereocenters. The van der Waals surface area contributed by atoms with Gasteiger partial charge in [0, 0.05) is 5.56 Å². The summed E-state index contributed by atoms with van der Waals surface area (Å²) in [5.41, 5.74) is 0.506. The lowest BCUT2D eigenvalue weighted by Gasteiger charge is -2.21. The van der Waals surface area contributed by atoms with Crippen molar-refractivity contribution in [3.8, 4) is 0 Å². The maximum atomic E-state index is 12.2. The molecule has 0 unspecified atom stereocenters. The molecule has 3 nitrogen and oxygen atoms in total. The molecule has 2 rings (SSSR count). The number of carbonyl (C=O) groups is 1. The summed E-state index contributed by atoms with van der Waals surface area (Å²) in [6.45, 7) is 0. The number of rotatable bonds is 4. The quantitative estimate of drug-likeness (QED) is 0.787. The van der Waals surface area contributed by atoms with E-state index in [2.05, 4.69) is 0 Å². The average Bonchev–Trinajstić information content (AvgIpc) is 2.39. The lowest BCUT2D eigenvalue weighted by Crippen LogP contribution is -2.18. The molecule has 4 heteroatoms. The Hall–Kier alpha value is -1.16. The molecule has 18 heavy (non-hydrogen) atoms. The van der Waals surface area contributed by atoms with Gasteiger partial charge in [0.05, 0.1) is 10.6 Å². The van der Waals surface area contributed by atoms with Crippen molar-refractivity contribution in [2.45, 2.75) is 37.0 Å². The fraction of sp³-hybridized carbons (Fsp3) is 0.500. The van der Waals surface area contributed by atoms with Gasteiger partial charge in [-0.2, -0.15) is 0 Å². The first-order valence-electron chi connectivity index (χ1n) is 6.40. The van der Waals surface area contributed by atoms with Gasteiger partial charge in [0.1, 0.15) is 6.29 Å². The Morgan fingerprint density at radius 3 is 2.22 bits per heavy atom. The van der Waals surface area contributed by atoms with Crippen molar-refractivity contribution < 1.29 is 13.2 Å². The molecular formula is C14H18O3S. The van der Waals surface area contributed by atoms with Crippen LogP contribution >= 0.6 is 0 Å². The van der Waals surface area contributed by atoms with E-state index in [9.17, 15) is 13.2 Å². The standard InChI is InChI=1S/C14H18O3S/c15-10-12-6-8-14(9-7-12)18(16,17)11-13-4-2-1-3-5-13/h6-10,13H,1-5,11H2. The van der Waals surface area contributed by atoms with E-state index in [-0.39, 0.29) is 5.75 Å². The summed E-state index contributed by atoms with van der Waals surface area (Å²) in [6.07, 6.45) is 6.27. The van der Waals surface area contributed by atoms with Crippen LogP contribution in [-0.4, -0.2) is 20.5 Å². The molecule has 1 aliphatic rings. The summed E-state index contributed by atoms with van der Waals surface area (Å²) in [5, 5.41) is 0. The first-order valence-corrected chi connectivity index (χ1v) is 8.05. The Morgan fingerprint density at radius 1 is 1.06 bits per heavy atom. The molecule has 0 bridgehead atoms. The van der Waals surface area contributed by atoms with E-state index in [1.807, 2.05) is 0 Å². The van der Waals surface area contributed by atoms with E-state index < -0.39 is 9.84 Å². The third kappa shape index (κ3) is 3.19. The minimum Gasteiger partial charge on any atom is -0.298 e. The molecule has 0 amide bonds. The van der Waals surface area contributed by atoms with Gasteiger partial charge in [-0.15, -0.1) is 0 Å². The zero-order chi connectivity index (χ0) is 13.0. The molecule has 1 aromatic rings. The molecule has 0 radical (unpaired) electrons. The Morgan fingerprint density at radius 2 is 1.67 bits per heavy atom. The van der Waals surface area contributed by atoms with Gasteiger partial charge in [-0.05, 0) is 30.9 Å². The van der Waals surface area contributed by atoms with Crippen molar-refractivity contribution in [2.24, 2.45) is 5.92 Å². The zero-order valence-electron chi connectivity index (χ0n) is 10.3. The summed E-state index contributed by atoms with van der Waals surface area (Å²) < 4.78 is 24.4. The highest BCUT2D eigenvalue weighted by Gasteiger charge is 2.22. The Bertz CT molecular complexity index is 496. The van der Waals surface area contributed by atoms with E-state index >= 15 is 0 Å². The van der Waals surface area contributed by atoms with Gasteiger partial charge in [-0.25, -0.2) is 8.42 Å². The third-order valence-corrected chi connectivity index (χ3v) is 5.46. The van der Waals surface area contributed by atoms with Gasteiger partial charge in [0.25, 0.3) is 0 Å². The van der Waals surface area contributed by atoms with Gasteiger partial charge in [-0.1, -0.05) is 31.4 Å². The summed E-state index contributed by atoms with van der Waals surface area (Å²) in [7, 11) is -3.20. The minimum absolute atomic E-state index is 0.243. The highest BCUT2D eigenvalue weighted by molar-refractivity contribution is 7.91. The number of benzene rings is 1. The van der Waals surface area contributed by atoms with Crippen LogP contribution < -0.4 is 0 Å². The fourth-order valence-electron chi connectivity index (χ4n) is 2.51. The topological polar surface area (TPSA) is 51.2 Å². The second-order valence-corrected chi connectivity index (χ2v) is 7.01. The smallest absolute Gasteiger partial charge is 0.178 e. The number of sulfone groups is 1. The third-order valence-electron chi connectivity index (χ3n) is 3.56. The fourth-order valence-corrected chi connectivity index (χ4v) is 4.21. The highest BCUT2D eigenvalue weighted by Crippen LogP contribution is 2.27. The van der Waals surface area contributed by atoms with Gasteiger partial charge >= 0.3 is 0 Å². The number of hydrogen-bond acceptors (Lipinski definition) is 3. The van der Waals surface area contributed by atoms with Crippen molar-refractivity contribution in [1.82, 2.24) is 0 Å². The maximum absolute atomic E-state index is 12.2. The average molecular weight is 266 g/mol. The van der Waals surface area contributed by atoms with Crippen LogP contribution in [0.3, 0.4) is 0 Å². The van der Waals surface area contributed by atoms with E-state index in [0.29, 0.717) is 16.4 Å². The molecule has 1 fully saturated rings. The molecule has 1 aliphatic carbocycles. The molecule has 1 saturated carbocycles. The minimum atomic E-state index is -3.20. The zero-order valence-corrected chi connectivity index (χ0v) is 11.2. The molecule has 0 saturated heterocycles. The second kappa shape index (κ2) is 5.65. The summed E-state index contributed by atoms with van der Waals surface area (Å²) >= 11 is 0. The summed E-state index contributed by atoms with van der Waals surface area (Å²) in [4.78, 5) is 10.9. The van der Waals surface area contributed by atoms with Crippen molar-refractivity contribution in [2.75, 3.05) is 5.75 Å². The molecule has 0 spiro atoms. The lowest BCUT2D eigenvalue weighted by molar-refractivity contribution is 0.112. The van der Waals surface area contributed by atoms with Gasteiger partial charge in [-0.3, -0.25) is 4.79 Å². The van der Waals surface area contributed by atoms with Crippen LogP contribution in [0.1, 0.15) is 42.5 Å². The molecule has 0 aromatic heterocycles. The predicted molar refractivity (Wildman–Crippen MR) is 70.5 cm³/mol. The van der Waals surface area contributed by atoms with E-state index in [1.165, 1.54) is 18.6 Å². The van der Waals surface area contributed by atoms with E-state index in [4.69, 9.17) is 0 Å². The van der Waals surface area contributed by atoms with Crippen molar-refractivity contribution in [1.29, 1.82) is 0 Å². The lowest BCUT2D eigenvalue weighted by atomic mass is 9.91. The molecular weight excluding hydrogens is 248 g/mol. The summed E-state index contributed by atoms with van der Waals surface area (Å²) in [6, 6.07) is 6.17. The van der Waals surface area contributed by atoms with Crippen LogP contribution in [0, 0.1) is 5.92 Å². The van der Waals surface area contributed by atoms with Crippen LogP contribution in [0.25, 0.3) is 0 Å². The normalized spacial score (nSPS) is 17.6. The first kappa shape index (κ1) is 13.3. The monoisotopic (exact) mass is 266 g/mol. The van der Waals surface area contributed by atoms with Crippen LogP contribution in [0.2, 0.25) is 0 Å². The highest BCUT2D eigenvalue weighted by atomic mass is 32.2. The molecule has 98 valence electrons. The SMILES string of the molecule is O=Cc1ccc(S(=O)(=O)CC2CCCCC2)cc1.